The van der Waals surface area contributed by atoms with E-state index in [1.54, 1.807) is 0 Å². The molecule has 0 bridgehead atoms. The van der Waals surface area contributed by atoms with E-state index in [0.29, 0.717) is 6.04 Å². The van der Waals surface area contributed by atoms with Crippen molar-refractivity contribution >= 4 is 0 Å². The minimum absolute atomic E-state index is 0.633. The van der Waals surface area contributed by atoms with Gasteiger partial charge in [0.1, 0.15) is 0 Å². The van der Waals surface area contributed by atoms with Crippen LogP contribution in [0, 0.1) is 11.8 Å². The third-order valence-electron chi connectivity index (χ3n) is 3.23. The molecule has 0 amide bonds. The fraction of sp³-hybridized carbons (Fsp3) is 1.00. The van der Waals surface area contributed by atoms with E-state index < -0.39 is 0 Å². The number of likely N-dealkylation sites (N-methyl/N-ethyl adjacent to an activating group) is 2. The molecule has 0 aromatic heterocycles. The van der Waals surface area contributed by atoms with Gasteiger partial charge in [-0.3, -0.25) is 0 Å². The molecule has 0 aromatic rings. The van der Waals surface area contributed by atoms with Crippen LogP contribution in [0.3, 0.4) is 0 Å². The maximum absolute atomic E-state index is 3.45. The van der Waals surface area contributed by atoms with Crippen LogP contribution in [0.5, 0.6) is 0 Å². The van der Waals surface area contributed by atoms with Crippen LogP contribution in [0.25, 0.3) is 0 Å². The molecule has 0 rings (SSSR count). The summed E-state index contributed by atoms with van der Waals surface area (Å²) in [6, 6.07) is 0.633. The Kier molecular flexibility index (Phi) is 8.07. The molecule has 0 saturated carbocycles. The van der Waals surface area contributed by atoms with Crippen molar-refractivity contribution in [1.29, 1.82) is 0 Å². The molecule has 0 aromatic carbocycles. The number of nitrogens with zero attached hydrogens (tertiary/aromatic N) is 1. The first-order valence-corrected chi connectivity index (χ1v) is 6.44. The van der Waals surface area contributed by atoms with Crippen LogP contribution in [0.1, 0.15) is 41.0 Å². The molecule has 1 N–H and O–H groups in total. The van der Waals surface area contributed by atoms with E-state index in [-0.39, 0.29) is 0 Å². The molecule has 0 aliphatic heterocycles. The average molecular weight is 214 g/mol. The summed E-state index contributed by atoms with van der Waals surface area (Å²) in [5.74, 6) is 1.52. The van der Waals surface area contributed by atoms with Crippen molar-refractivity contribution in [2.75, 3.05) is 26.7 Å². The highest BCUT2D eigenvalue weighted by atomic mass is 15.1. The van der Waals surface area contributed by atoms with Gasteiger partial charge in [0.25, 0.3) is 0 Å². The summed E-state index contributed by atoms with van der Waals surface area (Å²) in [5.41, 5.74) is 0. The topological polar surface area (TPSA) is 15.3 Å². The van der Waals surface area contributed by atoms with Crippen LogP contribution >= 0.6 is 0 Å². The molecule has 15 heavy (non-hydrogen) atoms. The van der Waals surface area contributed by atoms with Gasteiger partial charge in [-0.05, 0) is 25.4 Å². The maximum atomic E-state index is 3.45. The number of hydrogen-bond acceptors (Lipinski definition) is 2. The van der Waals surface area contributed by atoms with Crippen molar-refractivity contribution in [3.63, 3.8) is 0 Å². The third-order valence-corrected chi connectivity index (χ3v) is 3.23. The molecular weight excluding hydrogens is 184 g/mol. The van der Waals surface area contributed by atoms with E-state index in [4.69, 9.17) is 0 Å². The van der Waals surface area contributed by atoms with Gasteiger partial charge in [0.15, 0.2) is 0 Å². The van der Waals surface area contributed by atoms with Crippen LogP contribution in [-0.2, 0) is 0 Å². The van der Waals surface area contributed by atoms with Gasteiger partial charge in [-0.2, -0.15) is 0 Å². The van der Waals surface area contributed by atoms with Gasteiger partial charge in [0, 0.05) is 19.1 Å². The van der Waals surface area contributed by atoms with E-state index in [2.05, 4.69) is 51.9 Å². The first-order chi connectivity index (χ1) is 7.04. The van der Waals surface area contributed by atoms with Gasteiger partial charge in [0.05, 0.1) is 0 Å². The van der Waals surface area contributed by atoms with Crippen LogP contribution in [-0.4, -0.2) is 37.6 Å². The fourth-order valence-corrected chi connectivity index (χ4v) is 1.97. The van der Waals surface area contributed by atoms with Crippen LogP contribution < -0.4 is 5.32 Å². The Labute approximate surface area is 96.4 Å². The van der Waals surface area contributed by atoms with E-state index in [1.807, 2.05) is 0 Å². The lowest BCUT2D eigenvalue weighted by Gasteiger charge is -2.30. The normalized spacial score (nSPS) is 16.0. The molecule has 92 valence electrons. The molecule has 0 heterocycles. The second-order valence-electron chi connectivity index (χ2n) is 5.03. The van der Waals surface area contributed by atoms with Gasteiger partial charge >= 0.3 is 0 Å². The van der Waals surface area contributed by atoms with Crippen molar-refractivity contribution in [3.05, 3.63) is 0 Å². The SMILES string of the molecule is CCC(C)C(CN(CC)CC(C)C)NC. The lowest BCUT2D eigenvalue weighted by molar-refractivity contribution is 0.205. The summed E-state index contributed by atoms with van der Waals surface area (Å²) in [4.78, 5) is 2.55. The van der Waals surface area contributed by atoms with E-state index in [9.17, 15) is 0 Å². The molecule has 2 unspecified atom stereocenters. The lowest BCUT2D eigenvalue weighted by atomic mass is 9.98. The monoisotopic (exact) mass is 214 g/mol. The van der Waals surface area contributed by atoms with E-state index >= 15 is 0 Å². The highest BCUT2D eigenvalue weighted by Gasteiger charge is 2.17. The van der Waals surface area contributed by atoms with Gasteiger partial charge < -0.3 is 10.2 Å². The zero-order chi connectivity index (χ0) is 11.8. The van der Waals surface area contributed by atoms with Crippen molar-refractivity contribution in [2.24, 2.45) is 11.8 Å². The Morgan fingerprint density at radius 2 is 1.67 bits per heavy atom. The number of rotatable bonds is 8. The molecule has 0 aliphatic carbocycles. The molecule has 2 nitrogen and oxygen atoms in total. The minimum atomic E-state index is 0.633. The summed E-state index contributed by atoms with van der Waals surface area (Å²) in [6.45, 7) is 15.0. The van der Waals surface area contributed by atoms with Crippen LogP contribution in [0.2, 0.25) is 0 Å². The Hall–Kier alpha value is -0.0800. The zero-order valence-electron chi connectivity index (χ0n) is 11.5. The highest BCUT2D eigenvalue weighted by molar-refractivity contribution is 4.75. The molecule has 2 heteroatoms. The summed E-state index contributed by atoms with van der Waals surface area (Å²) >= 11 is 0. The number of hydrogen-bond donors (Lipinski definition) is 1. The molecule has 0 spiro atoms. The average Bonchev–Trinajstić information content (AvgIpc) is 2.22. The standard InChI is InChI=1S/C13H30N2/c1-7-12(5)13(14-6)10-15(8-2)9-11(3)4/h11-14H,7-10H2,1-6H3. The molecule has 0 saturated heterocycles. The van der Waals surface area contributed by atoms with Crippen molar-refractivity contribution in [2.45, 2.75) is 47.1 Å². The first-order valence-electron chi connectivity index (χ1n) is 6.44. The van der Waals surface area contributed by atoms with Crippen molar-refractivity contribution < 1.29 is 0 Å². The van der Waals surface area contributed by atoms with Crippen molar-refractivity contribution in [1.82, 2.24) is 10.2 Å². The molecule has 0 aliphatic rings. The largest absolute Gasteiger partial charge is 0.315 e. The second-order valence-corrected chi connectivity index (χ2v) is 5.03. The molecule has 0 fully saturated rings. The lowest BCUT2D eigenvalue weighted by Crippen LogP contribution is -2.44. The number of nitrogens with one attached hydrogen (secondary N) is 1. The summed E-state index contributed by atoms with van der Waals surface area (Å²) < 4.78 is 0. The summed E-state index contributed by atoms with van der Waals surface area (Å²) in [6.07, 6.45) is 1.25. The fourth-order valence-electron chi connectivity index (χ4n) is 1.97. The van der Waals surface area contributed by atoms with Crippen LogP contribution in [0.15, 0.2) is 0 Å². The van der Waals surface area contributed by atoms with Gasteiger partial charge in [-0.25, -0.2) is 0 Å². The third kappa shape index (κ3) is 6.16. The van der Waals surface area contributed by atoms with Gasteiger partial charge in [-0.15, -0.1) is 0 Å². The Bertz CT molecular complexity index is 145. The first kappa shape index (κ1) is 14.9. The van der Waals surface area contributed by atoms with E-state index in [1.165, 1.54) is 19.5 Å². The van der Waals surface area contributed by atoms with E-state index in [0.717, 1.165) is 18.4 Å². The summed E-state index contributed by atoms with van der Waals surface area (Å²) in [5, 5.41) is 3.45. The Morgan fingerprint density at radius 3 is 2.00 bits per heavy atom. The smallest absolute Gasteiger partial charge is 0.0217 e. The van der Waals surface area contributed by atoms with Crippen LogP contribution in [0.4, 0.5) is 0 Å². The predicted molar refractivity (Wildman–Crippen MR) is 69.3 cm³/mol. The molecule has 2 atom stereocenters. The van der Waals surface area contributed by atoms with Gasteiger partial charge in [-0.1, -0.05) is 41.0 Å². The quantitative estimate of drug-likeness (QED) is 0.668. The highest BCUT2D eigenvalue weighted by Crippen LogP contribution is 2.10. The predicted octanol–water partition coefficient (Wildman–Crippen LogP) is 2.60. The summed E-state index contributed by atoms with van der Waals surface area (Å²) in [7, 11) is 2.08. The molecular formula is C13H30N2. The Morgan fingerprint density at radius 1 is 1.07 bits per heavy atom. The zero-order valence-corrected chi connectivity index (χ0v) is 11.5. The Balaban J connectivity index is 4.11. The van der Waals surface area contributed by atoms with Crippen molar-refractivity contribution in [3.8, 4) is 0 Å². The minimum Gasteiger partial charge on any atom is -0.315 e. The van der Waals surface area contributed by atoms with Gasteiger partial charge in [0.2, 0.25) is 0 Å². The molecule has 0 radical (unpaired) electrons. The second kappa shape index (κ2) is 8.12. The maximum Gasteiger partial charge on any atom is 0.0217 e.